The van der Waals surface area contributed by atoms with Crippen LogP contribution < -0.4 is 0 Å². The van der Waals surface area contributed by atoms with Crippen molar-refractivity contribution in [1.29, 1.82) is 0 Å². The maximum Gasteiger partial charge on any atom is 0.418 e. The smallest absolute Gasteiger partial charge is 0.379 e. The number of hydrogen-bond donors (Lipinski definition) is 1. The molecule has 1 rings (SSSR count). The van der Waals surface area contributed by atoms with E-state index in [1.54, 1.807) is 6.07 Å². The first kappa shape index (κ1) is 17.0. The van der Waals surface area contributed by atoms with Crippen LogP contribution in [0.15, 0.2) is 18.2 Å². The van der Waals surface area contributed by atoms with Crippen LogP contribution >= 0.6 is 0 Å². The number of rotatable bonds is 5. The van der Waals surface area contributed by atoms with E-state index in [1.807, 2.05) is 19.9 Å². The normalized spacial score (nSPS) is 14.1. The third-order valence-corrected chi connectivity index (χ3v) is 3.08. The van der Waals surface area contributed by atoms with Gasteiger partial charge in [0, 0.05) is 0 Å². The van der Waals surface area contributed by atoms with E-state index in [9.17, 15) is 18.3 Å². The molecule has 1 atom stereocenters. The molecule has 20 heavy (non-hydrogen) atoms. The molecule has 1 unspecified atom stereocenters. The van der Waals surface area contributed by atoms with Crippen LogP contribution in [-0.4, -0.2) is 11.3 Å². The molecular formula is C16H23F3O. The molecule has 114 valence electrons. The molecule has 1 nitrogen and oxygen atoms in total. The van der Waals surface area contributed by atoms with Gasteiger partial charge in [-0.05, 0) is 41.4 Å². The Kier molecular flexibility index (Phi) is 5.63. The van der Waals surface area contributed by atoms with Crippen LogP contribution in [0.25, 0.3) is 0 Å². The van der Waals surface area contributed by atoms with E-state index in [4.69, 9.17) is 0 Å². The van der Waals surface area contributed by atoms with Gasteiger partial charge in [-0.2, -0.15) is 13.2 Å². The Morgan fingerprint density at radius 2 is 1.55 bits per heavy atom. The molecule has 4 heteroatoms. The minimum Gasteiger partial charge on any atom is -0.379 e. The van der Waals surface area contributed by atoms with Gasteiger partial charge in [-0.25, -0.2) is 0 Å². The summed E-state index contributed by atoms with van der Waals surface area (Å²) in [5.74, 6) is 0.684. The van der Waals surface area contributed by atoms with Gasteiger partial charge in [0.25, 0.3) is 0 Å². The summed E-state index contributed by atoms with van der Waals surface area (Å²) in [4.78, 5) is 0. The Balaban J connectivity index is 3.16. The van der Waals surface area contributed by atoms with Crippen LogP contribution in [0.1, 0.15) is 50.5 Å². The van der Waals surface area contributed by atoms with Crippen LogP contribution in [-0.2, 0) is 12.8 Å². The highest BCUT2D eigenvalue weighted by Gasteiger charge is 2.40. The molecule has 0 fully saturated rings. The summed E-state index contributed by atoms with van der Waals surface area (Å²) in [6, 6.07) is 4.92. The van der Waals surface area contributed by atoms with E-state index in [-0.39, 0.29) is 11.5 Å². The maximum absolute atomic E-state index is 12.7. The molecule has 0 aliphatic rings. The van der Waals surface area contributed by atoms with Gasteiger partial charge in [0.2, 0.25) is 0 Å². The van der Waals surface area contributed by atoms with Crippen LogP contribution in [0.3, 0.4) is 0 Å². The van der Waals surface area contributed by atoms with Crippen LogP contribution in [0.4, 0.5) is 13.2 Å². The van der Waals surface area contributed by atoms with Gasteiger partial charge in [-0.15, -0.1) is 0 Å². The number of halogens is 3. The zero-order valence-electron chi connectivity index (χ0n) is 12.5. The summed E-state index contributed by atoms with van der Waals surface area (Å²) in [6.45, 7) is 8.05. The topological polar surface area (TPSA) is 20.2 Å². The van der Waals surface area contributed by atoms with Gasteiger partial charge in [0.1, 0.15) is 0 Å². The van der Waals surface area contributed by atoms with E-state index >= 15 is 0 Å². The summed E-state index contributed by atoms with van der Waals surface area (Å²) in [6.07, 6.45) is -5.66. The van der Waals surface area contributed by atoms with E-state index in [1.165, 1.54) is 6.07 Å². The molecule has 0 spiro atoms. The predicted octanol–water partition coefficient (Wildman–Crippen LogP) is 4.68. The van der Waals surface area contributed by atoms with Crippen molar-refractivity contribution in [2.75, 3.05) is 0 Å². The van der Waals surface area contributed by atoms with Gasteiger partial charge >= 0.3 is 6.18 Å². The van der Waals surface area contributed by atoms with Crippen LogP contribution in [0, 0.1) is 11.8 Å². The second kappa shape index (κ2) is 6.61. The average molecular weight is 288 g/mol. The quantitative estimate of drug-likeness (QED) is 0.834. The molecule has 0 aliphatic heterocycles. The van der Waals surface area contributed by atoms with Crippen molar-refractivity contribution in [3.05, 3.63) is 34.9 Å². The van der Waals surface area contributed by atoms with Crippen molar-refractivity contribution >= 4 is 0 Å². The number of hydrogen-bond acceptors (Lipinski definition) is 1. The third kappa shape index (κ3) is 4.82. The molecule has 0 amide bonds. The lowest BCUT2D eigenvalue weighted by atomic mass is 9.91. The molecule has 0 radical (unpaired) electrons. The number of aliphatic hydroxyl groups excluding tert-OH is 1. The molecule has 0 saturated carbocycles. The second-order valence-corrected chi connectivity index (χ2v) is 6.17. The van der Waals surface area contributed by atoms with E-state index in [0.29, 0.717) is 17.9 Å². The largest absolute Gasteiger partial charge is 0.418 e. The maximum atomic E-state index is 12.7. The Bertz CT molecular complexity index is 436. The summed E-state index contributed by atoms with van der Waals surface area (Å²) in [7, 11) is 0. The predicted molar refractivity (Wildman–Crippen MR) is 74.5 cm³/mol. The summed E-state index contributed by atoms with van der Waals surface area (Å²) >= 11 is 0. The molecule has 0 heterocycles. The fraction of sp³-hybridized carbons (Fsp3) is 0.625. The Hall–Kier alpha value is -1.03. The lowest BCUT2D eigenvalue weighted by Gasteiger charge is -2.20. The first-order valence-corrected chi connectivity index (χ1v) is 6.97. The van der Waals surface area contributed by atoms with Crippen molar-refractivity contribution in [2.45, 2.75) is 52.8 Å². The SMILES string of the molecule is CC(C)Cc1ccc(C(O)C(F)(F)F)c(CC(C)C)c1. The first-order valence-electron chi connectivity index (χ1n) is 6.97. The van der Waals surface area contributed by atoms with E-state index < -0.39 is 12.3 Å². The fourth-order valence-corrected chi connectivity index (χ4v) is 2.32. The zero-order chi connectivity index (χ0) is 15.5. The highest BCUT2D eigenvalue weighted by Crippen LogP contribution is 2.35. The van der Waals surface area contributed by atoms with Crippen molar-refractivity contribution in [2.24, 2.45) is 11.8 Å². The van der Waals surface area contributed by atoms with Gasteiger partial charge in [0.15, 0.2) is 6.10 Å². The molecule has 1 aromatic carbocycles. The Labute approximate surface area is 118 Å². The lowest BCUT2D eigenvalue weighted by molar-refractivity contribution is -0.207. The highest BCUT2D eigenvalue weighted by molar-refractivity contribution is 5.35. The molecule has 0 aromatic heterocycles. The van der Waals surface area contributed by atoms with Gasteiger partial charge in [0.05, 0.1) is 0 Å². The Morgan fingerprint density at radius 1 is 1.00 bits per heavy atom. The number of benzene rings is 1. The summed E-state index contributed by atoms with van der Waals surface area (Å²) < 4.78 is 38.1. The third-order valence-electron chi connectivity index (χ3n) is 3.08. The number of aliphatic hydroxyl groups is 1. The van der Waals surface area contributed by atoms with E-state index in [2.05, 4.69) is 13.8 Å². The first-order chi connectivity index (χ1) is 9.11. The van der Waals surface area contributed by atoms with E-state index in [0.717, 1.165) is 12.0 Å². The summed E-state index contributed by atoms with van der Waals surface area (Å²) in [5.41, 5.74) is 1.61. The summed E-state index contributed by atoms with van der Waals surface area (Å²) in [5, 5.41) is 9.50. The van der Waals surface area contributed by atoms with Crippen molar-refractivity contribution in [3.63, 3.8) is 0 Å². The number of alkyl halides is 3. The standard InChI is InChI=1S/C16H23F3O/c1-10(2)7-12-5-6-14(15(20)16(17,18)19)13(9-12)8-11(3)4/h5-6,9-11,15,20H,7-8H2,1-4H3. The van der Waals surface area contributed by atoms with Gasteiger partial charge in [-0.1, -0.05) is 45.9 Å². The molecule has 1 N–H and O–H groups in total. The van der Waals surface area contributed by atoms with Crippen molar-refractivity contribution in [3.8, 4) is 0 Å². The zero-order valence-corrected chi connectivity index (χ0v) is 12.5. The average Bonchev–Trinajstić information content (AvgIpc) is 2.25. The second-order valence-electron chi connectivity index (χ2n) is 6.17. The van der Waals surface area contributed by atoms with Crippen LogP contribution in [0.2, 0.25) is 0 Å². The highest BCUT2D eigenvalue weighted by atomic mass is 19.4. The Morgan fingerprint density at radius 3 is 2.00 bits per heavy atom. The lowest BCUT2D eigenvalue weighted by Crippen LogP contribution is -2.22. The van der Waals surface area contributed by atoms with Gasteiger partial charge < -0.3 is 5.11 Å². The van der Waals surface area contributed by atoms with Crippen LogP contribution in [0.5, 0.6) is 0 Å². The molecule has 0 aliphatic carbocycles. The fourth-order valence-electron chi connectivity index (χ4n) is 2.32. The minimum atomic E-state index is -4.62. The van der Waals surface area contributed by atoms with Crippen molar-refractivity contribution in [1.82, 2.24) is 0 Å². The monoisotopic (exact) mass is 288 g/mol. The molecule has 0 saturated heterocycles. The molecule has 0 bridgehead atoms. The molecular weight excluding hydrogens is 265 g/mol. The van der Waals surface area contributed by atoms with Crippen molar-refractivity contribution < 1.29 is 18.3 Å². The molecule has 1 aromatic rings. The minimum absolute atomic E-state index is 0.0151. The van der Waals surface area contributed by atoms with Gasteiger partial charge in [-0.3, -0.25) is 0 Å².